The number of aliphatic hydroxyl groups excluding tert-OH is 1. The summed E-state index contributed by atoms with van der Waals surface area (Å²) in [5.74, 6) is 0.635. The van der Waals surface area contributed by atoms with Gasteiger partial charge in [-0.25, -0.2) is 0 Å². The summed E-state index contributed by atoms with van der Waals surface area (Å²) >= 11 is 9.14. The highest BCUT2D eigenvalue weighted by Crippen LogP contribution is 2.33. The molecule has 5 nitrogen and oxygen atoms in total. The van der Waals surface area contributed by atoms with Crippen LogP contribution >= 0.6 is 27.5 Å². The number of halogens is 2. The third-order valence-corrected chi connectivity index (χ3v) is 3.34. The lowest BCUT2D eigenvalue weighted by atomic mass is 10.2. The van der Waals surface area contributed by atoms with E-state index < -0.39 is 4.92 Å². The molecule has 0 unspecified atom stereocenters. The minimum atomic E-state index is -0.511. The first-order valence-corrected chi connectivity index (χ1v) is 6.69. The van der Waals surface area contributed by atoms with Gasteiger partial charge in [0.1, 0.15) is 11.5 Å². The zero-order valence-corrected chi connectivity index (χ0v) is 12.4. The van der Waals surface area contributed by atoms with Crippen molar-refractivity contribution in [2.45, 2.75) is 6.61 Å². The minimum absolute atomic E-state index is 0.0954. The Balaban J connectivity index is 2.40. The number of nitro groups is 1. The lowest BCUT2D eigenvalue weighted by Crippen LogP contribution is -1.94. The van der Waals surface area contributed by atoms with Crippen LogP contribution in [0.3, 0.4) is 0 Å². The van der Waals surface area contributed by atoms with Crippen molar-refractivity contribution < 1.29 is 14.8 Å². The molecule has 20 heavy (non-hydrogen) atoms. The van der Waals surface area contributed by atoms with Crippen molar-refractivity contribution >= 4 is 33.2 Å². The van der Waals surface area contributed by atoms with Gasteiger partial charge < -0.3 is 9.84 Å². The number of nitro benzene ring substituents is 1. The molecule has 0 aromatic heterocycles. The van der Waals surface area contributed by atoms with E-state index in [1.54, 1.807) is 24.3 Å². The maximum Gasteiger partial charge on any atom is 0.274 e. The molecule has 0 spiro atoms. The normalized spacial score (nSPS) is 10.3. The second kappa shape index (κ2) is 6.21. The molecule has 1 N–H and O–H groups in total. The second-order valence-electron chi connectivity index (χ2n) is 3.88. The van der Waals surface area contributed by atoms with Gasteiger partial charge in [-0.3, -0.25) is 10.1 Å². The van der Waals surface area contributed by atoms with Gasteiger partial charge in [-0.2, -0.15) is 0 Å². The van der Waals surface area contributed by atoms with Gasteiger partial charge in [0.05, 0.1) is 17.6 Å². The Morgan fingerprint density at radius 1 is 1.35 bits per heavy atom. The maximum absolute atomic E-state index is 10.8. The molecule has 0 heterocycles. The molecular formula is C13H9BrClNO4. The topological polar surface area (TPSA) is 72.6 Å². The van der Waals surface area contributed by atoms with Gasteiger partial charge in [-0.05, 0) is 18.2 Å². The van der Waals surface area contributed by atoms with Crippen LogP contribution in [0.4, 0.5) is 5.69 Å². The Labute approximate surface area is 128 Å². The first kappa shape index (κ1) is 14.8. The van der Waals surface area contributed by atoms with Crippen LogP contribution in [0.1, 0.15) is 5.56 Å². The molecule has 2 aromatic rings. The Kier molecular flexibility index (Phi) is 4.59. The molecule has 7 heteroatoms. The lowest BCUT2D eigenvalue weighted by molar-refractivity contribution is -0.385. The number of hydrogen-bond acceptors (Lipinski definition) is 4. The summed E-state index contributed by atoms with van der Waals surface area (Å²) < 4.78 is 6.10. The van der Waals surface area contributed by atoms with Crippen LogP contribution in [0.15, 0.2) is 40.9 Å². The molecular weight excluding hydrogens is 350 g/mol. The average molecular weight is 359 g/mol. The highest BCUT2D eigenvalue weighted by molar-refractivity contribution is 9.10. The van der Waals surface area contributed by atoms with Crippen molar-refractivity contribution in [2.75, 3.05) is 0 Å². The molecule has 0 aliphatic rings. The molecule has 0 atom stereocenters. The first-order valence-electron chi connectivity index (χ1n) is 5.52. The minimum Gasteiger partial charge on any atom is -0.457 e. The monoisotopic (exact) mass is 357 g/mol. The van der Waals surface area contributed by atoms with E-state index in [1.807, 2.05) is 0 Å². The average Bonchev–Trinajstić information content (AvgIpc) is 2.38. The van der Waals surface area contributed by atoms with E-state index in [1.165, 1.54) is 12.1 Å². The molecule has 0 aliphatic carbocycles. The molecule has 0 saturated carbocycles. The summed E-state index contributed by atoms with van der Waals surface area (Å²) in [6, 6.07) is 9.19. The van der Waals surface area contributed by atoms with E-state index in [4.69, 9.17) is 16.3 Å². The van der Waals surface area contributed by atoms with Crippen molar-refractivity contribution in [3.63, 3.8) is 0 Å². The molecule has 0 radical (unpaired) electrons. The molecule has 2 aromatic carbocycles. The van der Waals surface area contributed by atoms with Crippen LogP contribution in [-0.4, -0.2) is 10.0 Å². The van der Waals surface area contributed by atoms with E-state index in [0.29, 0.717) is 20.8 Å². The van der Waals surface area contributed by atoms with E-state index in [9.17, 15) is 15.2 Å². The fourth-order valence-electron chi connectivity index (χ4n) is 1.63. The lowest BCUT2D eigenvalue weighted by Gasteiger charge is -2.11. The highest BCUT2D eigenvalue weighted by Gasteiger charge is 2.12. The summed E-state index contributed by atoms with van der Waals surface area (Å²) in [7, 11) is 0. The summed E-state index contributed by atoms with van der Waals surface area (Å²) in [6.45, 7) is -0.287. The van der Waals surface area contributed by atoms with Gasteiger partial charge in [-0.1, -0.05) is 33.6 Å². The van der Waals surface area contributed by atoms with E-state index in [-0.39, 0.29) is 18.0 Å². The van der Waals surface area contributed by atoms with Crippen LogP contribution in [0.2, 0.25) is 5.02 Å². The van der Waals surface area contributed by atoms with Gasteiger partial charge >= 0.3 is 0 Å². The second-order valence-corrected chi connectivity index (χ2v) is 5.20. The summed E-state index contributed by atoms with van der Waals surface area (Å²) in [4.78, 5) is 10.3. The molecule has 104 valence electrons. The summed E-state index contributed by atoms with van der Waals surface area (Å²) in [5.41, 5.74) is 0.332. The fraction of sp³-hybridized carbons (Fsp3) is 0.0769. The van der Waals surface area contributed by atoms with E-state index in [0.717, 1.165) is 0 Å². The van der Waals surface area contributed by atoms with Crippen LogP contribution in [0.5, 0.6) is 11.5 Å². The molecule has 0 aliphatic heterocycles. The SMILES string of the molecule is O=[N+]([O-])c1cc(Br)cc(Oc2cccc(Cl)c2CO)c1. The van der Waals surface area contributed by atoms with Gasteiger partial charge in [0.25, 0.3) is 5.69 Å². The van der Waals surface area contributed by atoms with Crippen LogP contribution in [0, 0.1) is 10.1 Å². The number of benzene rings is 2. The Bertz CT molecular complexity index is 663. The van der Waals surface area contributed by atoms with E-state index in [2.05, 4.69) is 15.9 Å². The maximum atomic E-state index is 10.8. The Morgan fingerprint density at radius 2 is 2.10 bits per heavy atom. The van der Waals surface area contributed by atoms with Crippen molar-refractivity contribution in [3.8, 4) is 11.5 Å². The predicted molar refractivity (Wildman–Crippen MR) is 78.2 cm³/mol. The first-order chi connectivity index (χ1) is 9.51. The Morgan fingerprint density at radius 3 is 2.75 bits per heavy atom. The molecule has 2 rings (SSSR count). The fourth-order valence-corrected chi connectivity index (χ4v) is 2.31. The zero-order chi connectivity index (χ0) is 14.7. The standard InChI is InChI=1S/C13H9BrClNO4/c14-8-4-9(16(18)19)6-10(5-8)20-13-3-1-2-12(15)11(13)7-17/h1-6,17H,7H2. The number of non-ortho nitro benzene ring substituents is 1. The molecule has 0 saturated heterocycles. The Hall–Kier alpha value is -1.63. The number of ether oxygens (including phenoxy) is 1. The van der Waals surface area contributed by atoms with Crippen LogP contribution < -0.4 is 4.74 Å². The molecule has 0 fully saturated rings. The van der Waals surface area contributed by atoms with Gasteiger partial charge in [0.2, 0.25) is 0 Å². The van der Waals surface area contributed by atoms with Gasteiger partial charge in [0, 0.05) is 21.1 Å². The largest absolute Gasteiger partial charge is 0.457 e. The highest BCUT2D eigenvalue weighted by atomic mass is 79.9. The predicted octanol–water partition coefficient (Wildman–Crippen LogP) is 4.30. The van der Waals surface area contributed by atoms with Gasteiger partial charge in [0.15, 0.2) is 0 Å². The van der Waals surface area contributed by atoms with Crippen molar-refractivity contribution in [2.24, 2.45) is 0 Å². The van der Waals surface area contributed by atoms with Crippen molar-refractivity contribution in [3.05, 3.63) is 61.6 Å². The number of aliphatic hydroxyl groups is 1. The van der Waals surface area contributed by atoms with Crippen LogP contribution in [0.25, 0.3) is 0 Å². The molecule has 0 bridgehead atoms. The number of rotatable bonds is 4. The summed E-state index contributed by atoms with van der Waals surface area (Å²) in [6.07, 6.45) is 0. The van der Waals surface area contributed by atoms with Gasteiger partial charge in [-0.15, -0.1) is 0 Å². The third-order valence-electron chi connectivity index (χ3n) is 2.53. The zero-order valence-electron chi connectivity index (χ0n) is 10.0. The van der Waals surface area contributed by atoms with E-state index >= 15 is 0 Å². The smallest absolute Gasteiger partial charge is 0.274 e. The number of nitrogens with zero attached hydrogens (tertiary/aromatic N) is 1. The summed E-state index contributed by atoms with van der Waals surface area (Å²) in [5, 5.41) is 20.5. The third kappa shape index (κ3) is 3.27. The number of hydrogen-bond donors (Lipinski definition) is 1. The van der Waals surface area contributed by atoms with Crippen molar-refractivity contribution in [1.29, 1.82) is 0 Å². The molecule has 0 amide bonds. The van der Waals surface area contributed by atoms with Crippen LogP contribution in [-0.2, 0) is 6.61 Å². The quantitative estimate of drug-likeness (QED) is 0.653. The van der Waals surface area contributed by atoms with Crippen molar-refractivity contribution in [1.82, 2.24) is 0 Å².